The molecule has 78 valence electrons. The SMILES string of the molecule is CCC(O)N(C)C1C(C)CCC1C. The predicted octanol–water partition coefficient (Wildman–Crippen LogP) is 2.08. The number of aliphatic hydroxyl groups excluding tert-OH is 1. The van der Waals surface area contributed by atoms with E-state index < -0.39 is 0 Å². The fraction of sp³-hybridized carbons (Fsp3) is 1.00. The zero-order valence-electron chi connectivity index (χ0n) is 9.33. The van der Waals surface area contributed by atoms with Gasteiger partial charge in [-0.2, -0.15) is 0 Å². The highest BCUT2D eigenvalue weighted by molar-refractivity contribution is 4.87. The van der Waals surface area contributed by atoms with Crippen LogP contribution < -0.4 is 0 Å². The molecule has 0 aliphatic heterocycles. The Kier molecular flexibility index (Phi) is 3.74. The quantitative estimate of drug-likeness (QED) is 0.680. The molecule has 1 N–H and O–H groups in total. The van der Waals surface area contributed by atoms with Crippen molar-refractivity contribution < 1.29 is 5.11 Å². The van der Waals surface area contributed by atoms with Crippen LogP contribution in [0.2, 0.25) is 0 Å². The molecule has 2 heteroatoms. The van der Waals surface area contributed by atoms with Crippen LogP contribution in [0.1, 0.15) is 40.0 Å². The first kappa shape index (κ1) is 11.0. The Morgan fingerprint density at radius 1 is 1.31 bits per heavy atom. The van der Waals surface area contributed by atoms with E-state index in [0.717, 1.165) is 18.3 Å². The summed E-state index contributed by atoms with van der Waals surface area (Å²) in [6.45, 7) is 6.63. The summed E-state index contributed by atoms with van der Waals surface area (Å²) in [7, 11) is 2.05. The minimum absolute atomic E-state index is 0.256. The lowest BCUT2D eigenvalue weighted by Crippen LogP contribution is -2.44. The molecule has 0 aromatic heterocycles. The van der Waals surface area contributed by atoms with Gasteiger partial charge in [0.25, 0.3) is 0 Å². The minimum Gasteiger partial charge on any atom is -0.378 e. The minimum atomic E-state index is -0.256. The van der Waals surface area contributed by atoms with E-state index >= 15 is 0 Å². The van der Waals surface area contributed by atoms with Gasteiger partial charge in [-0.15, -0.1) is 0 Å². The van der Waals surface area contributed by atoms with Crippen molar-refractivity contribution in [1.82, 2.24) is 4.90 Å². The van der Waals surface area contributed by atoms with Crippen LogP contribution in [0.5, 0.6) is 0 Å². The van der Waals surface area contributed by atoms with E-state index in [-0.39, 0.29) is 6.23 Å². The number of aliphatic hydroxyl groups is 1. The smallest absolute Gasteiger partial charge is 0.107 e. The lowest BCUT2D eigenvalue weighted by Gasteiger charge is -2.34. The number of hydrogen-bond donors (Lipinski definition) is 1. The first-order chi connectivity index (χ1) is 6.07. The van der Waals surface area contributed by atoms with Gasteiger partial charge in [0, 0.05) is 6.04 Å². The second-order valence-electron chi connectivity index (χ2n) is 4.58. The number of rotatable bonds is 3. The van der Waals surface area contributed by atoms with E-state index in [4.69, 9.17) is 0 Å². The molecule has 3 unspecified atom stereocenters. The van der Waals surface area contributed by atoms with Gasteiger partial charge in [-0.25, -0.2) is 0 Å². The average molecular weight is 185 g/mol. The Hall–Kier alpha value is -0.0800. The number of hydrogen-bond acceptors (Lipinski definition) is 2. The predicted molar refractivity (Wildman–Crippen MR) is 55.4 cm³/mol. The summed E-state index contributed by atoms with van der Waals surface area (Å²) >= 11 is 0. The Balaban J connectivity index is 2.58. The van der Waals surface area contributed by atoms with Gasteiger partial charge in [0.2, 0.25) is 0 Å². The summed E-state index contributed by atoms with van der Waals surface area (Å²) < 4.78 is 0. The lowest BCUT2D eigenvalue weighted by molar-refractivity contribution is -0.0266. The number of nitrogens with zero attached hydrogens (tertiary/aromatic N) is 1. The fourth-order valence-corrected chi connectivity index (χ4v) is 2.72. The van der Waals surface area contributed by atoms with Gasteiger partial charge in [0.1, 0.15) is 6.23 Å². The van der Waals surface area contributed by atoms with Crippen LogP contribution >= 0.6 is 0 Å². The van der Waals surface area contributed by atoms with E-state index in [1.54, 1.807) is 0 Å². The van der Waals surface area contributed by atoms with Crippen LogP contribution in [-0.2, 0) is 0 Å². The molecule has 0 spiro atoms. The normalized spacial score (nSPS) is 36.9. The van der Waals surface area contributed by atoms with Gasteiger partial charge in [-0.05, 0) is 38.1 Å². The second-order valence-corrected chi connectivity index (χ2v) is 4.58. The van der Waals surface area contributed by atoms with Crippen molar-refractivity contribution >= 4 is 0 Å². The monoisotopic (exact) mass is 185 g/mol. The van der Waals surface area contributed by atoms with Gasteiger partial charge >= 0.3 is 0 Å². The summed E-state index contributed by atoms with van der Waals surface area (Å²) in [5.41, 5.74) is 0. The highest BCUT2D eigenvalue weighted by atomic mass is 16.3. The second kappa shape index (κ2) is 4.43. The summed E-state index contributed by atoms with van der Waals surface area (Å²) in [4.78, 5) is 2.16. The van der Waals surface area contributed by atoms with Crippen molar-refractivity contribution in [3.8, 4) is 0 Å². The van der Waals surface area contributed by atoms with E-state index in [2.05, 4.69) is 25.8 Å². The molecule has 0 heterocycles. The zero-order valence-corrected chi connectivity index (χ0v) is 9.33. The van der Waals surface area contributed by atoms with Gasteiger partial charge < -0.3 is 5.11 Å². The molecule has 1 aliphatic rings. The molecular weight excluding hydrogens is 162 g/mol. The molecule has 2 nitrogen and oxygen atoms in total. The van der Waals surface area contributed by atoms with Crippen LogP contribution in [0.25, 0.3) is 0 Å². The van der Waals surface area contributed by atoms with Gasteiger partial charge in [0.15, 0.2) is 0 Å². The van der Waals surface area contributed by atoms with E-state index in [0.29, 0.717) is 6.04 Å². The molecular formula is C11H23NO. The van der Waals surface area contributed by atoms with Crippen LogP contribution in [0, 0.1) is 11.8 Å². The van der Waals surface area contributed by atoms with Crippen molar-refractivity contribution in [3.63, 3.8) is 0 Å². The van der Waals surface area contributed by atoms with E-state index in [1.165, 1.54) is 12.8 Å². The maximum Gasteiger partial charge on any atom is 0.107 e. The molecule has 1 saturated carbocycles. The fourth-order valence-electron chi connectivity index (χ4n) is 2.72. The Bertz CT molecular complexity index is 150. The standard InChI is InChI=1S/C11H23NO/c1-5-10(13)12(4)11-8(2)6-7-9(11)3/h8-11,13H,5-7H2,1-4H3. The maximum absolute atomic E-state index is 9.75. The highest BCUT2D eigenvalue weighted by Gasteiger charge is 2.34. The molecule has 1 aliphatic carbocycles. The van der Waals surface area contributed by atoms with Crippen molar-refractivity contribution in [3.05, 3.63) is 0 Å². The molecule has 3 atom stereocenters. The lowest BCUT2D eigenvalue weighted by atomic mass is 9.98. The Morgan fingerprint density at radius 2 is 1.77 bits per heavy atom. The van der Waals surface area contributed by atoms with Crippen molar-refractivity contribution in [2.75, 3.05) is 7.05 Å². The summed E-state index contributed by atoms with van der Waals surface area (Å²) in [5, 5.41) is 9.75. The third kappa shape index (κ3) is 2.23. The Labute approximate surface area is 81.9 Å². The van der Waals surface area contributed by atoms with Crippen LogP contribution in [-0.4, -0.2) is 29.3 Å². The topological polar surface area (TPSA) is 23.5 Å². The molecule has 0 radical (unpaired) electrons. The molecule has 0 amide bonds. The molecule has 13 heavy (non-hydrogen) atoms. The summed E-state index contributed by atoms with van der Waals surface area (Å²) in [6.07, 6.45) is 3.19. The van der Waals surface area contributed by atoms with E-state index in [9.17, 15) is 5.11 Å². The van der Waals surface area contributed by atoms with Gasteiger partial charge in [-0.1, -0.05) is 20.8 Å². The third-order valence-corrected chi connectivity index (χ3v) is 3.55. The molecule has 1 rings (SSSR count). The molecule has 0 aromatic rings. The first-order valence-corrected chi connectivity index (χ1v) is 5.48. The van der Waals surface area contributed by atoms with Crippen molar-refractivity contribution in [1.29, 1.82) is 0 Å². The van der Waals surface area contributed by atoms with Crippen molar-refractivity contribution in [2.24, 2.45) is 11.8 Å². The maximum atomic E-state index is 9.75. The largest absolute Gasteiger partial charge is 0.378 e. The van der Waals surface area contributed by atoms with Crippen molar-refractivity contribution in [2.45, 2.75) is 52.3 Å². The van der Waals surface area contributed by atoms with E-state index in [1.807, 2.05) is 6.92 Å². The molecule has 1 fully saturated rings. The highest BCUT2D eigenvalue weighted by Crippen LogP contribution is 2.34. The summed E-state index contributed by atoms with van der Waals surface area (Å²) in [6, 6.07) is 0.579. The van der Waals surface area contributed by atoms with Crippen LogP contribution in [0.3, 0.4) is 0 Å². The van der Waals surface area contributed by atoms with Gasteiger partial charge in [0.05, 0.1) is 0 Å². The first-order valence-electron chi connectivity index (χ1n) is 5.48. The zero-order chi connectivity index (χ0) is 10.0. The van der Waals surface area contributed by atoms with Gasteiger partial charge in [-0.3, -0.25) is 4.90 Å². The van der Waals surface area contributed by atoms with Crippen LogP contribution in [0.4, 0.5) is 0 Å². The third-order valence-electron chi connectivity index (χ3n) is 3.55. The molecule has 0 saturated heterocycles. The molecule has 0 bridgehead atoms. The Morgan fingerprint density at radius 3 is 2.15 bits per heavy atom. The van der Waals surface area contributed by atoms with Crippen LogP contribution in [0.15, 0.2) is 0 Å². The average Bonchev–Trinajstić information content (AvgIpc) is 2.44. The molecule has 0 aromatic carbocycles. The summed E-state index contributed by atoms with van der Waals surface area (Å²) in [5.74, 6) is 1.47.